The molecule has 8 nitrogen and oxygen atoms in total. The van der Waals surface area contributed by atoms with Gasteiger partial charge in [0.15, 0.2) is 6.10 Å². The summed E-state index contributed by atoms with van der Waals surface area (Å²) >= 11 is 0. The molecule has 0 bridgehead atoms. The molecule has 2 rings (SSSR count). The third-order valence-corrected chi connectivity index (χ3v) is 4.65. The van der Waals surface area contributed by atoms with Crippen LogP contribution in [0.5, 0.6) is 0 Å². The van der Waals surface area contributed by atoms with Gasteiger partial charge in [0.1, 0.15) is 0 Å². The third-order valence-electron chi connectivity index (χ3n) is 4.65. The number of rotatable bonds is 7. The number of carbonyl (C=O) groups is 2. The second-order valence-corrected chi connectivity index (χ2v) is 6.53. The van der Waals surface area contributed by atoms with Crippen molar-refractivity contribution in [3.63, 3.8) is 0 Å². The number of anilines is 1. The molecule has 1 aliphatic rings. The molecule has 2 N–H and O–H groups in total. The van der Waals surface area contributed by atoms with Gasteiger partial charge in [0.2, 0.25) is 0 Å². The summed E-state index contributed by atoms with van der Waals surface area (Å²) in [4.78, 5) is 34.8. The number of hydrogen-bond donors (Lipinski definition) is 2. The van der Waals surface area contributed by atoms with Gasteiger partial charge in [-0.15, -0.1) is 0 Å². The van der Waals surface area contributed by atoms with Crippen LogP contribution in [0.2, 0.25) is 0 Å². The molecule has 0 aromatic heterocycles. The molecule has 142 valence electrons. The lowest BCUT2D eigenvalue weighted by molar-refractivity contribution is -0.384. The molecule has 0 radical (unpaired) electrons. The van der Waals surface area contributed by atoms with E-state index in [1.807, 2.05) is 0 Å². The molecular weight excluding hydrogens is 338 g/mol. The Kier molecular flexibility index (Phi) is 6.94. The number of benzene rings is 1. The van der Waals surface area contributed by atoms with Gasteiger partial charge in [-0.05, 0) is 31.7 Å². The number of nitrogens with zero attached hydrogens (tertiary/aromatic N) is 1. The first kappa shape index (κ1) is 19.7. The molecule has 0 unspecified atom stereocenters. The molecule has 1 aromatic rings. The normalized spacial score (nSPS) is 15.8. The van der Waals surface area contributed by atoms with Gasteiger partial charge in [-0.25, -0.2) is 4.79 Å². The fourth-order valence-electron chi connectivity index (χ4n) is 3.09. The van der Waals surface area contributed by atoms with Crippen LogP contribution in [-0.4, -0.2) is 36.5 Å². The van der Waals surface area contributed by atoms with E-state index in [9.17, 15) is 19.7 Å². The van der Waals surface area contributed by atoms with Crippen molar-refractivity contribution >= 4 is 23.3 Å². The Balaban J connectivity index is 1.96. The van der Waals surface area contributed by atoms with Crippen LogP contribution in [0.4, 0.5) is 11.4 Å². The topological polar surface area (TPSA) is 111 Å². The maximum Gasteiger partial charge on any atom is 0.341 e. The number of ether oxygens (including phenoxy) is 1. The molecule has 1 atom stereocenters. The summed E-state index contributed by atoms with van der Waals surface area (Å²) in [5, 5.41) is 16.5. The SMILES string of the molecule is CNc1ccc([N+](=O)[O-])cc1C(=O)O[C@@H](C)C(=O)NCC1CCCCC1. The highest BCUT2D eigenvalue weighted by molar-refractivity contribution is 5.98. The van der Waals surface area contributed by atoms with Gasteiger partial charge in [0.25, 0.3) is 11.6 Å². The van der Waals surface area contributed by atoms with Gasteiger partial charge in [-0.2, -0.15) is 0 Å². The van der Waals surface area contributed by atoms with E-state index in [2.05, 4.69) is 10.6 Å². The standard InChI is InChI=1S/C18H25N3O5/c1-12(17(22)20-11-13-6-4-3-5-7-13)26-18(23)15-10-14(21(24)25)8-9-16(15)19-2/h8-10,12-13,19H,3-7,11H2,1-2H3,(H,20,22)/t12-/m0/s1. The van der Waals surface area contributed by atoms with Crippen LogP contribution in [0.25, 0.3) is 0 Å². The quantitative estimate of drug-likeness (QED) is 0.438. The predicted molar refractivity (Wildman–Crippen MR) is 97.1 cm³/mol. The summed E-state index contributed by atoms with van der Waals surface area (Å²) in [6, 6.07) is 3.87. The lowest BCUT2D eigenvalue weighted by atomic mass is 9.89. The third kappa shape index (κ3) is 5.18. The van der Waals surface area contributed by atoms with Crippen LogP contribution < -0.4 is 10.6 Å². The predicted octanol–water partition coefficient (Wildman–Crippen LogP) is 2.88. The molecule has 0 spiro atoms. The Morgan fingerprint density at radius 3 is 2.62 bits per heavy atom. The average Bonchev–Trinajstić information content (AvgIpc) is 2.66. The number of nitro groups is 1. The Labute approximate surface area is 152 Å². The van der Waals surface area contributed by atoms with Crippen molar-refractivity contribution in [3.8, 4) is 0 Å². The van der Waals surface area contributed by atoms with E-state index < -0.39 is 17.0 Å². The van der Waals surface area contributed by atoms with Crippen molar-refractivity contribution in [2.45, 2.75) is 45.1 Å². The summed E-state index contributed by atoms with van der Waals surface area (Å²) in [5.74, 6) is -0.665. The number of nitro benzene ring substituents is 1. The number of esters is 1. The monoisotopic (exact) mass is 363 g/mol. The average molecular weight is 363 g/mol. The number of carbonyl (C=O) groups excluding carboxylic acids is 2. The van der Waals surface area contributed by atoms with Crippen molar-refractivity contribution in [2.75, 3.05) is 18.9 Å². The molecule has 1 aromatic carbocycles. The van der Waals surface area contributed by atoms with Crippen LogP contribution in [0, 0.1) is 16.0 Å². The van der Waals surface area contributed by atoms with Gasteiger partial charge in [0, 0.05) is 31.4 Å². The maximum atomic E-state index is 12.4. The fraction of sp³-hybridized carbons (Fsp3) is 0.556. The van der Waals surface area contributed by atoms with E-state index in [-0.39, 0.29) is 17.2 Å². The summed E-state index contributed by atoms with van der Waals surface area (Å²) in [7, 11) is 1.60. The van der Waals surface area contributed by atoms with Crippen LogP contribution in [0.15, 0.2) is 18.2 Å². The second-order valence-electron chi connectivity index (χ2n) is 6.53. The highest BCUT2D eigenvalue weighted by Gasteiger charge is 2.23. The van der Waals surface area contributed by atoms with Crippen molar-refractivity contribution in [2.24, 2.45) is 5.92 Å². The molecule has 1 saturated carbocycles. The number of nitrogens with one attached hydrogen (secondary N) is 2. The van der Waals surface area contributed by atoms with Crippen LogP contribution in [0.3, 0.4) is 0 Å². The lowest BCUT2D eigenvalue weighted by Gasteiger charge is -2.22. The summed E-state index contributed by atoms with van der Waals surface area (Å²) in [6.07, 6.45) is 4.85. The van der Waals surface area contributed by atoms with E-state index in [1.54, 1.807) is 7.05 Å². The first-order valence-corrected chi connectivity index (χ1v) is 8.87. The van der Waals surface area contributed by atoms with E-state index >= 15 is 0 Å². The Bertz CT molecular complexity index is 671. The molecule has 0 heterocycles. The van der Waals surface area contributed by atoms with Gasteiger partial charge in [0.05, 0.1) is 10.5 Å². The molecule has 1 amide bonds. The molecule has 8 heteroatoms. The van der Waals surface area contributed by atoms with Crippen molar-refractivity contribution in [1.29, 1.82) is 0 Å². The van der Waals surface area contributed by atoms with Gasteiger partial charge >= 0.3 is 5.97 Å². The largest absolute Gasteiger partial charge is 0.449 e. The number of hydrogen-bond acceptors (Lipinski definition) is 6. The molecule has 0 aliphatic heterocycles. The van der Waals surface area contributed by atoms with Gasteiger partial charge in [-0.3, -0.25) is 14.9 Å². The highest BCUT2D eigenvalue weighted by Crippen LogP contribution is 2.24. The number of non-ortho nitro benzene ring substituents is 1. The molecule has 1 aliphatic carbocycles. The van der Waals surface area contributed by atoms with E-state index in [0.717, 1.165) is 18.9 Å². The Hall–Kier alpha value is -2.64. The minimum atomic E-state index is -0.977. The van der Waals surface area contributed by atoms with E-state index in [1.165, 1.54) is 38.3 Å². The fourth-order valence-corrected chi connectivity index (χ4v) is 3.09. The van der Waals surface area contributed by atoms with Crippen molar-refractivity contribution in [3.05, 3.63) is 33.9 Å². The van der Waals surface area contributed by atoms with E-state index in [0.29, 0.717) is 18.2 Å². The van der Waals surface area contributed by atoms with Gasteiger partial charge < -0.3 is 15.4 Å². The summed E-state index contributed by atoms with van der Waals surface area (Å²) in [6.45, 7) is 2.07. The first-order valence-electron chi connectivity index (χ1n) is 8.87. The smallest absolute Gasteiger partial charge is 0.341 e. The Morgan fingerprint density at radius 1 is 1.31 bits per heavy atom. The Morgan fingerprint density at radius 2 is 2.00 bits per heavy atom. The molecule has 0 saturated heterocycles. The summed E-state index contributed by atoms with van der Waals surface area (Å²) in [5.41, 5.74) is 0.203. The zero-order valence-corrected chi connectivity index (χ0v) is 15.1. The van der Waals surface area contributed by atoms with E-state index in [4.69, 9.17) is 4.74 Å². The molecule has 26 heavy (non-hydrogen) atoms. The van der Waals surface area contributed by atoms with Crippen molar-refractivity contribution in [1.82, 2.24) is 5.32 Å². The first-order chi connectivity index (χ1) is 12.4. The zero-order valence-electron chi connectivity index (χ0n) is 15.1. The molecular formula is C18H25N3O5. The maximum absolute atomic E-state index is 12.4. The minimum Gasteiger partial charge on any atom is -0.449 e. The molecule has 1 fully saturated rings. The second kappa shape index (κ2) is 9.17. The minimum absolute atomic E-state index is 0.0219. The van der Waals surface area contributed by atoms with Crippen LogP contribution >= 0.6 is 0 Å². The van der Waals surface area contributed by atoms with Crippen LogP contribution in [0.1, 0.15) is 49.4 Å². The lowest BCUT2D eigenvalue weighted by Crippen LogP contribution is -2.38. The van der Waals surface area contributed by atoms with Crippen molar-refractivity contribution < 1.29 is 19.2 Å². The highest BCUT2D eigenvalue weighted by atomic mass is 16.6. The van der Waals surface area contributed by atoms with Gasteiger partial charge in [-0.1, -0.05) is 19.3 Å². The summed E-state index contributed by atoms with van der Waals surface area (Å²) < 4.78 is 5.20. The number of amides is 1. The van der Waals surface area contributed by atoms with Crippen LogP contribution in [-0.2, 0) is 9.53 Å². The zero-order chi connectivity index (χ0) is 19.1.